The molecule has 2 aromatic heterocycles. The van der Waals surface area contributed by atoms with Gasteiger partial charge in [-0.3, -0.25) is 0 Å². The standard InChI is InChI=1S/C16H18N6O/c23-11-14-17-6-5-15(20-14)21-7-9-22(10-8-21)16-18-12-3-1-2-4-13(12)19-16/h1-6,23H,7-11H2,(H,18,19). The number of hydrogen-bond acceptors (Lipinski definition) is 6. The number of nitrogens with zero attached hydrogens (tertiary/aromatic N) is 5. The number of rotatable bonds is 3. The van der Waals surface area contributed by atoms with Gasteiger partial charge in [0.1, 0.15) is 12.4 Å². The molecule has 23 heavy (non-hydrogen) atoms. The highest BCUT2D eigenvalue weighted by atomic mass is 16.3. The van der Waals surface area contributed by atoms with E-state index in [-0.39, 0.29) is 6.61 Å². The van der Waals surface area contributed by atoms with E-state index in [0.717, 1.165) is 49.0 Å². The van der Waals surface area contributed by atoms with Gasteiger partial charge in [0.25, 0.3) is 0 Å². The minimum Gasteiger partial charge on any atom is -0.388 e. The molecule has 0 atom stereocenters. The maximum absolute atomic E-state index is 9.16. The summed E-state index contributed by atoms with van der Waals surface area (Å²) in [5.74, 6) is 2.25. The zero-order valence-electron chi connectivity index (χ0n) is 12.7. The molecule has 7 nitrogen and oxygen atoms in total. The molecule has 0 spiro atoms. The van der Waals surface area contributed by atoms with Gasteiger partial charge < -0.3 is 19.9 Å². The Morgan fingerprint density at radius 1 is 1.00 bits per heavy atom. The van der Waals surface area contributed by atoms with E-state index in [1.165, 1.54) is 0 Å². The Morgan fingerprint density at radius 3 is 2.57 bits per heavy atom. The number of anilines is 2. The molecule has 7 heteroatoms. The zero-order valence-corrected chi connectivity index (χ0v) is 12.7. The third-order valence-corrected chi connectivity index (χ3v) is 4.11. The van der Waals surface area contributed by atoms with E-state index in [2.05, 4.69) is 29.7 Å². The normalized spacial score (nSPS) is 15.3. The van der Waals surface area contributed by atoms with Crippen molar-refractivity contribution < 1.29 is 5.11 Å². The lowest BCUT2D eigenvalue weighted by Gasteiger charge is -2.35. The van der Waals surface area contributed by atoms with E-state index in [1.807, 2.05) is 30.3 Å². The van der Waals surface area contributed by atoms with E-state index in [9.17, 15) is 0 Å². The van der Waals surface area contributed by atoms with Gasteiger partial charge in [0.15, 0.2) is 5.82 Å². The number of aromatic amines is 1. The fourth-order valence-corrected chi connectivity index (χ4v) is 2.88. The van der Waals surface area contributed by atoms with Gasteiger partial charge in [0.05, 0.1) is 11.0 Å². The van der Waals surface area contributed by atoms with Crippen LogP contribution in [0.3, 0.4) is 0 Å². The second-order valence-electron chi connectivity index (χ2n) is 5.54. The number of hydrogen-bond donors (Lipinski definition) is 2. The Morgan fingerprint density at radius 2 is 1.78 bits per heavy atom. The van der Waals surface area contributed by atoms with Crippen LogP contribution in [0.25, 0.3) is 11.0 Å². The minimum absolute atomic E-state index is 0.132. The quantitative estimate of drug-likeness (QED) is 0.756. The van der Waals surface area contributed by atoms with Gasteiger partial charge in [-0.05, 0) is 18.2 Å². The number of H-pyrrole nitrogens is 1. The molecule has 0 saturated carbocycles. The number of imidazole rings is 1. The minimum atomic E-state index is -0.132. The SMILES string of the molecule is OCc1nccc(N2CCN(c3nc4ccccc4[nH]3)CC2)n1. The van der Waals surface area contributed by atoms with Gasteiger partial charge in [0.2, 0.25) is 5.95 Å². The van der Waals surface area contributed by atoms with E-state index in [4.69, 9.17) is 5.11 Å². The predicted octanol–water partition coefficient (Wildman–Crippen LogP) is 1.17. The third kappa shape index (κ3) is 2.70. The molecule has 1 fully saturated rings. The van der Waals surface area contributed by atoms with Crippen molar-refractivity contribution in [3.8, 4) is 0 Å². The third-order valence-electron chi connectivity index (χ3n) is 4.11. The fourth-order valence-electron chi connectivity index (χ4n) is 2.88. The molecule has 0 unspecified atom stereocenters. The van der Waals surface area contributed by atoms with Crippen LogP contribution in [0.1, 0.15) is 5.82 Å². The Balaban J connectivity index is 1.48. The molecule has 1 aliphatic heterocycles. The van der Waals surface area contributed by atoms with E-state index < -0.39 is 0 Å². The summed E-state index contributed by atoms with van der Waals surface area (Å²) in [7, 11) is 0. The topological polar surface area (TPSA) is 81.2 Å². The van der Waals surface area contributed by atoms with Gasteiger partial charge in [-0.2, -0.15) is 0 Å². The van der Waals surface area contributed by atoms with Gasteiger partial charge in [0, 0.05) is 32.4 Å². The number of fused-ring (bicyclic) bond motifs is 1. The van der Waals surface area contributed by atoms with Crippen LogP contribution < -0.4 is 9.80 Å². The first kappa shape index (κ1) is 14.0. The predicted molar refractivity (Wildman–Crippen MR) is 88.5 cm³/mol. The molecular formula is C16H18N6O. The Labute approximate surface area is 133 Å². The zero-order chi connectivity index (χ0) is 15.6. The fraction of sp³-hybridized carbons (Fsp3) is 0.312. The monoisotopic (exact) mass is 310 g/mol. The second-order valence-corrected chi connectivity index (χ2v) is 5.54. The van der Waals surface area contributed by atoms with Crippen LogP contribution in [0.4, 0.5) is 11.8 Å². The maximum atomic E-state index is 9.16. The molecule has 0 radical (unpaired) electrons. The van der Waals surface area contributed by atoms with Crippen LogP contribution >= 0.6 is 0 Å². The highest BCUT2D eigenvalue weighted by molar-refractivity contribution is 5.77. The van der Waals surface area contributed by atoms with Crippen molar-refractivity contribution in [2.75, 3.05) is 36.0 Å². The lowest BCUT2D eigenvalue weighted by Crippen LogP contribution is -2.47. The number of benzene rings is 1. The molecule has 4 rings (SSSR count). The molecule has 118 valence electrons. The van der Waals surface area contributed by atoms with Gasteiger partial charge in [-0.25, -0.2) is 15.0 Å². The van der Waals surface area contributed by atoms with Crippen LogP contribution in [0.5, 0.6) is 0 Å². The average molecular weight is 310 g/mol. The summed E-state index contributed by atoms with van der Waals surface area (Å²) < 4.78 is 0. The molecule has 3 heterocycles. The summed E-state index contributed by atoms with van der Waals surface area (Å²) in [6.07, 6.45) is 1.69. The lowest BCUT2D eigenvalue weighted by molar-refractivity contribution is 0.271. The molecular weight excluding hydrogens is 292 g/mol. The van der Waals surface area contributed by atoms with Crippen molar-refractivity contribution in [1.29, 1.82) is 0 Å². The number of aliphatic hydroxyl groups excluding tert-OH is 1. The first-order valence-corrected chi connectivity index (χ1v) is 7.71. The van der Waals surface area contributed by atoms with Crippen molar-refractivity contribution in [3.63, 3.8) is 0 Å². The van der Waals surface area contributed by atoms with Gasteiger partial charge >= 0.3 is 0 Å². The molecule has 2 N–H and O–H groups in total. The number of para-hydroxylation sites is 2. The van der Waals surface area contributed by atoms with Crippen molar-refractivity contribution in [1.82, 2.24) is 19.9 Å². The first-order valence-electron chi connectivity index (χ1n) is 7.71. The largest absolute Gasteiger partial charge is 0.388 e. The summed E-state index contributed by atoms with van der Waals surface area (Å²) in [5.41, 5.74) is 2.06. The molecule has 0 amide bonds. The van der Waals surface area contributed by atoms with Crippen molar-refractivity contribution >= 4 is 22.8 Å². The maximum Gasteiger partial charge on any atom is 0.203 e. The number of piperazine rings is 1. The van der Waals surface area contributed by atoms with E-state index in [0.29, 0.717) is 5.82 Å². The van der Waals surface area contributed by atoms with E-state index >= 15 is 0 Å². The highest BCUT2D eigenvalue weighted by Gasteiger charge is 2.20. The summed E-state index contributed by atoms with van der Waals surface area (Å²) in [4.78, 5) is 20.9. The number of aliphatic hydroxyl groups is 1. The van der Waals surface area contributed by atoms with Crippen LogP contribution in [-0.4, -0.2) is 51.2 Å². The lowest BCUT2D eigenvalue weighted by atomic mass is 10.3. The van der Waals surface area contributed by atoms with Gasteiger partial charge in [-0.1, -0.05) is 12.1 Å². The van der Waals surface area contributed by atoms with Crippen molar-refractivity contribution in [3.05, 3.63) is 42.4 Å². The van der Waals surface area contributed by atoms with Crippen LogP contribution in [-0.2, 0) is 6.61 Å². The molecule has 1 aliphatic rings. The Kier molecular flexibility index (Phi) is 3.55. The molecule has 0 aliphatic carbocycles. The Hall–Kier alpha value is -2.67. The molecule has 3 aromatic rings. The highest BCUT2D eigenvalue weighted by Crippen LogP contribution is 2.20. The summed E-state index contributed by atoms with van der Waals surface area (Å²) in [6.45, 7) is 3.33. The summed E-state index contributed by atoms with van der Waals surface area (Å²) in [6, 6.07) is 9.95. The number of nitrogens with one attached hydrogen (secondary N) is 1. The molecule has 0 bridgehead atoms. The smallest absolute Gasteiger partial charge is 0.203 e. The summed E-state index contributed by atoms with van der Waals surface area (Å²) in [5, 5.41) is 9.16. The van der Waals surface area contributed by atoms with Crippen molar-refractivity contribution in [2.45, 2.75) is 6.61 Å². The molecule has 1 aromatic carbocycles. The van der Waals surface area contributed by atoms with E-state index in [1.54, 1.807) is 6.20 Å². The molecule has 1 saturated heterocycles. The van der Waals surface area contributed by atoms with Crippen LogP contribution in [0.2, 0.25) is 0 Å². The van der Waals surface area contributed by atoms with Crippen LogP contribution in [0.15, 0.2) is 36.5 Å². The van der Waals surface area contributed by atoms with Crippen molar-refractivity contribution in [2.24, 2.45) is 0 Å². The Bertz CT molecular complexity index is 776. The average Bonchev–Trinajstić information content (AvgIpc) is 3.06. The second kappa shape index (κ2) is 5.85. The van der Waals surface area contributed by atoms with Crippen LogP contribution in [0, 0.1) is 0 Å². The summed E-state index contributed by atoms with van der Waals surface area (Å²) >= 11 is 0. The number of aromatic nitrogens is 4. The van der Waals surface area contributed by atoms with Gasteiger partial charge in [-0.15, -0.1) is 0 Å². The first-order chi connectivity index (χ1) is 11.3.